The Balaban J connectivity index is 2.35. The molecule has 0 amide bonds. The summed E-state index contributed by atoms with van der Waals surface area (Å²) in [7, 11) is 3.60. The molecule has 74 valence electrons. The molecule has 1 aliphatic rings. The summed E-state index contributed by atoms with van der Waals surface area (Å²) < 4.78 is 0.437. The van der Waals surface area contributed by atoms with Gasteiger partial charge in [0.2, 0.25) is 0 Å². The molecule has 0 aromatic carbocycles. The molecule has 0 saturated carbocycles. The number of thioether (sulfide) groups is 1. The Labute approximate surface area is 91.9 Å². The highest BCUT2D eigenvalue weighted by Gasteiger charge is 2.37. The Kier molecular flexibility index (Phi) is 4.76. The molecule has 1 rings (SSSR count). The van der Waals surface area contributed by atoms with E-state index < -0.39 is 0 Å². The summed E-state index contributed by atoms with van der Waals surface area (Å²) in [6.45, 7) is 7.85. The maximum absolute atomic E-state index is 11.3. The first-order chi connectivity index (χ1) is 6.16. The average Bonchev–Trinajstić information content (AvgIpc) is 2.34. The second-order valence-corrected chi connectivity index (χ2v) is 7.12. The molecular formula is C9H14OS3. The van der Waals surface area contributed by atoms with Gasteiger partial charge in [0.15, 0.2) is 5.12 Å². The zero-order valence-electron chi connectivity index (χ0n) is 7.86. The lowest BCUT2D eigenvalue weighted by Crippen LogP contribution is -2.11. The lowest BCUT2D eigenvalue weighted by Gasteiger charge is -2.13. The van der Waals surface area contributed by atoms with E-state index in [1.54, 1.807) is 10.8 Å². The third-order valence-electron chi connectivity index (χ3n) is 2.17. The van der Waals surface area contributed by atoms with Gasteiger partial charge >= 0.3 is 0 Å². The van der Waals surface area contributed by atoms with Crippen LogP contribution in [0.3, 0.4) is 0 Å². The van der Waals surface area contributed by atoms with Crippen LogP contribution in [0.1, 0.15) is 13.8 Å². The minimum absolute atomic E-state index is 0.229. The molecule has 0 aromatic heterocycles. The molecule has 4 heteroatoms. The summed E-state index contributed by atoms with van der Waals surface area (Å²) in [6, 6.07) is 0. The minimum atomic E-state index is 0.229. The Morgan fingerprint density at radius 2 is 2.31 bits per heavy atom. The van der Waals surface area contributed by atoms with E-state index in [1.807, 2.05) is 23.8 Å². The van der Waals surface area contributed by atoms with Crippen LogP contribution in [0.25, 0.3) is 0 Å². The van der Waals surface area contributed by atoms with Crippen molar-refractivity contribution >= 4 is 38.5 Å². The van der Waals surface area contributed by atoms with Gasteiger partial charge in [0.05, 0.1) is 4.58 Å². The van der Waals surface area contributed by atoms with Gasteiger partial charge in [-0.05, 0) is 5.92 Å². The second-order valence-electron chi connectivity index (χ2n) is 3.12. The van der Waals surface area contributed by atoms with Gasteiger partial charge in [0.25, 0.3) is 0 Å². The number of rotatable bonds is 4. The van der Waals surface area contributed by atoms with Crippen LogP contribution in [-0.4, -0.2) is 15.5 Å². The van der Waals surface area contributed by atoms with Crippen molar-refractivity contribution in [2.24, 2.45) is 11.8 Å². The molecular weight excluding hydrogens is 220 g/mol. The van der Waals surface area contributed by atoms with E-state index in [-0.39, 0.29) is 5.92 Å². The molecule has 1 nitrogen and oxygen atoms in total. The maximum Gasteiger partial charge on any atom is 0.193 e. The van der Waals surface area contributed by atoms with Crippen LogP contribution in [-0.2, 0) is 4.79 Å². The van der Waals surface area contributed by atoms with Crippen molar-refractivity contribution in [2.75, 3.05) is 5.75 Å². The fourth-order valence-corrected chi connectivity index (χ4v) is 5.62. The van der Waals surface area contributed by atoms with Crippen molar-refractivity contribution in [2.45, 2.75) is 18.4 Å². The third-order valence-corrected chi connectivity index (χ3v) is 6.94. The SMILES string of the molecule is C=CCSS[C@@H]1SC(=O)[C@H](C)[C@@H]1C. The summed E-state index contributed by atoms with van der Waals surface area (Å²) in [6.07, 6.45) is 1.90. The molecule has 0 aromatic rings. The van der Waals surface area contributed by atoms with Gasteiger partial charge in [-0.2, -0.15) is 0 Å². The predicted molar refractivity (Wildman–Crippen MR) is 65.0 cm³/mol. The highest BCUT2D eigenvalue weighted by molar-refractivity contribution is 8.78. The predicted octanol–water partition coefficient (Wildman–Crippen LogP) is 3.43. The standard InChI is InChI=1S/C9H14OS3/c1-4-5-11-13-9-7(3)6(2)8(10)12-9/h4,6-7,9H,1,5H2,2-3H3/t6-,7+,9+/m1/s1. The largest absolute Gasteiger partial charge is 0.287 e. The lowest BCUT2D eigenvalue weighted by molar-refractivity contribution is -0.114. The van der Waals surface area contributed by atoms with Crippen molar-refractivity contribution in [3.63, 3.8) is 0 Å². The monoisotopic (exact) mass is 234 g/mol. The first-order valence-corrected chi connectivity index (χ1v) is 7.52. The van der Waals surface area contributed by atoms with Crippen molar-refractivity contribution in [3.8, 4) is 0 Å². The van der Waals surface area contributed by atoms with Gasteiger partial charge in [0.1, 0.15) is 0 Å². The molecule has 13 heavy (non-hydrogen) atoms. The van der Waals surface area contributed by atoms with Gasteiger partial charge in [-0.1, -0.05) is 53.3 Å². The van der Waals surface area contributed by atoms with Gasteiger partial charge in [-0.25, -0.2) is 0 Å². The minimum Gasteiger partial charge on any atom is -0.287 e. The fourth-order valence-electron chi connectivity index (χ4n) is 1.04. The average molecular weight is 234 g/mol. The van der Waals surface area contributed by atoms with Gasteiger partial charge in [-0.3, -0.25) is 4.79 Å². The van der Waals surface area contributed by atoms with E-state index in [9.17, 15) is 4.79 Å². The molecule has 1 fully saturated rings. The summed E-state index contributed by atoms with van der Waals surface area (Å²) >= 11 is 1.50. The second kappa shape index (κ2) is 5.37. The van der Waals surface area contributed by atoms with Crippen LogP contribution in [0.4, 0.5) is 0 Å². The Hall–Kier alpha value is 0.460. The van der Waals surface area contributed by atoms with Crippen LogP contribution >= 0.6 is 33.3 Å². The summed E-state index contributed by atoms with van der Waals surface area (Å²) in [5.74, 6) is 1.68. The number of hydrogen-bond acceptors (Lipinski definition) is 4. The third kappa shape index (κ3) is 2.96. The number of hydrogen-bond donors (Lipinski definition) is 0. The van der Waals surface area contributed by atoms with Crippen LogP contribution in [0, 0.1) is 11.8 Å². The van der Waals surface area contributed by atoms with Crippen LogP contribution in [0.2, 0.25) is 0 Å². The summed E-state index contributed by atoms with van der Waals surface area (Å²) in [5, 5.41) is 0.351. The molecule has 0 radical (unpaired) electrons. The van der Waals surface area contributed by atoms with Crippen LogP contribution in [0.5, 0.6) is 0 Å². The Bertz CT molecular complexity index is 205. The van der Waals surface area contributed by atoms with E-state index in [2.05, 4.69) is 13.5 Å². The van der Waals surface area contributed by atoms with E-state index in [0.717, 1.165) is 5.75 Å². The van der Waals surface area contributed by atoms with Gasteiger partial charge < -0.3 is 0 Å². The van der Waals surface area contributed by atoms with E-state index in [4.69, 9.17) is 0 Å². The maximum atomic E-state index is 11.3. The molecule has 1 saturated heterocycles. The normalized spacial score (nSPS) is 33.7. The number of carbonyl (C=O) groups is 1. The zero-order valence-corrected chi connectivity index (χ0v) is 10.3. The lowest BCUT2D eigenvalue weighted by atomic mass is 10.0. The van der Waals surface area contributed by atoms with Crippen LogP contribution < -0.4 is 0 Å². The Morgan fingerprint density at radius 1 is 1.62 bits per heavy atom. The van der Waals surface area contributed by atoms with Crippen molar-refractivity contribution in [1.82, 2.24) is 0 Å². The van der Waals surface area contributed by atoms with E-state index >= 15 is 0 Å². The molecule has 3 atom stereocenters. The number of carbonyl (C=O) groups excluding carboxylic acids is 1. The molecule has 0 unspecified atom stereocenters. The first kappa shape index (κ1) is 11.5. The smallest absolute Gasteiger partial charge is 0.193 e. The topological polar surface area (TPSA) is 17.1 Å². The van der Waals surface area contributed by atoms with Crippen molar-refractivity contribution in [1.29, 1.82) is 0 Å². The fraction of sp³-hybridized carbons (Fsp3) is 0.667. The highest BCUT2D eigenvalue weighted by Crippen LogP contribution is 2.47. The summed E-state index contributed by atoms with van der Waals surface area (Å²) in [5.41, 5.74) is 0. The Morgan fingerprint density at radius 3 is 2.77 bits per heavy atom. The van der Waals surface area contributed by atoms with Crippen molar-refractivity contribution in [3.05, 3.63) is 12.7 Å². The van der Waals surface area contributed by atoms with Gasteiger partial charge in [0, 0.05) is 11.7 Å². The molecule has 0 aliphatic carbocycles. The van der Waals surface area contributed by atoms with E-state index in [1.165, 1.54) is 11.8 Å². The molecule has 1 aliphatic heterocycles. The molecule has 0 bridgehead atoms. The summed E-state index contributed by atoms with van der Waals surface area (Å²) in [4.78, 5) is 11.3. The highest BCUT2D eigenvalue weighted by atomic mass is 33.1. The first-order valence-electron chi connectivity index (χ1n) is 4.26. The van der Waals surface area contributed by atoms with Crippen LogP contribution in [0.15, 0.2) is 12.7 Å². The molecule has 0 spiro atoms. The quantitative estimate of drug-likeness (QED) is 0.421. The zero-order chi connectivity index (χ0) is 9.84. The molecule has 1 heterocycles. The van der Waals surface area contributed by atoms with E-state index in [0.29, 0.717) is 15.6 Å². The molecule has 0 N–H and O–H groups in total. The van der Waals surface area contributed by atoms with Gasteiger partial charge in [-0.15, -0.1) is 6.58 Å². The van der Waals surface area contributed by atoms with Crippen molar-refractivity contribution < 1.29 is 4.79 Å².